The average molecular weight is 413 g/mol. The molecule has 0 aliphatic heterocycles. The van der Waals surface area contributed by atoms with Gasteiger partial charge < -0.3 is 15.0 Å². The van der Waals surface area contributed by atoms with Crippen LogP contribution in [0.25, 0.3) is 6.08 Å². The fraction of sp³-hybridized carbons (Fsp3) is 0.400. The lowest BCUT2D eigenvalue weighted by atomic mass is 10.1. The molecule has 0 bridgehead atoms. The fourth-order valence-electron chi connectivity index (χ4n) is 3.46. The van der Waals surface area contributed by atoms with E-state index in [1.54, 1.807) is 37.4 Å². The molecule has 0 aliphatic carbocycles. The molecule has 0 unspecified atom stereocenters. The number of carbonyl (C=O) groups is 1. The second-order valence-corrected chi connectivity index (χ2v) is 7.33. The van der Waals surface area contributed by atoms with Gasteiger partial charge in [0, 0.05) is 5.69 Å². The number of nitrogens with zero attached hydrogens (tertiary/aromatic N) is 1. The molecule has 2 rings (SSSR count). The number of carbonyl (C=O) groups excluding carboxylic acids is 1. The highest BCUT2D eigenvalue weighted by Crippen LogP contribution is 2.25. The fourth-order valence-corrected chi connectivity index (χ4v) is 3.46. The third kappa shape index (κ3) is 7.64. The summed E-state index contributed by atoms with van der Waals surface area (Å²) in [5, 5.41) is 2.65. The van der Waals surface area contributed by atoms with Crippen LogP contribution >= 0.6 is 0 Å². The molecule has 0 aliphatic rings. The second kappa shape index (κ2) is 12.8. The van der Waals surface area contributed by atoms with Crippen LogP contribution in [-0.4, -0.2) is 37.6 Å². The van der Waals surface area contributed by atoms with E-state index >= 15 is 0 Å². The minimum atomic E-state index is -0.826. The zero-order chi connectivity index (χ0) is 21.8. The van der Waals surface area contributed by atoms with Crippen molar-refractivity contribution in [3.63, 3.8) is 0 Å². The van der Waals surface area contributed by atoms with Crippen LogP contribution in [-0.2, 0) is 11.2 Å². The van der Waals surface area contributed by atoms with E-state index in [9.17, 15) is 9.18 Å². The lowest BCUT2D eigenvalue weighted by Crippen LogP contribution is -2.26. The predicted octanol–water partition coefficient (Wildman–Crippen LogP) is 5.70. The van der Waals surface area contributed by atoms with Crippen LogP contribution in [0, 0.1) is 0 Å². The molecule has 2 aromatic carbocycles. The van der Waals surface area contributed by atoms with E-state index in [2.05, 4.69) is 24.1 Å². The molecule has 0 fully saturated rings. The van der Waals surface area contributed by atoms with Crippen LogP contribution in [0.3, 0.4) is 0 Å². The number of nitrogens with one attached hydrogen (secondary N) is 1. The van der Waals surface area contributed by atoms with Crippen molar-refractivity contribution in [1.82, 2.24) is 4.90 Å². The standard InChI is InChI=1S/C25H33FN2O2/c1-4-15-28(16-5-2)17-9-12-21-19-22(13-14-24(21)30-3)27-25(29)23(26)18-20-10-7-6-8-11-20/h6-8,10-11,13-14,18-19H,4-5,9,12,15-17H2,1-3H3,(H,27,29). The van der Waals surface area contributed by atoms with Gasteiger partial charge >= 0.3 is 0 Å². The molecule has 30 heavy (non-hydrogen) atoms. The third-order valence-corrected chi connectivity index (χ3v) is 4.85. The summed E-state index contributed by atoms with van der Waals surface area (Å²) in [6.07, 6.45) is 5.35. The number of anilines is 1. The molecule has 2 aromatic rings. The van der Waals surface area contributed by atoms with Gasteiger partial charge in [-0.3, -0.25) is 4.79 Å². The Kier molecular flexibility index (Phi) is 10.1. The number of halogens is 1. The number of rotatable bonds is 12. The lowest BCUT2D eigenvalue weighted by Gasteiger charge is -2.21. The van der Waals surface area contributed by atoms with Gasteiger partial charge in [0.25, 0.3) is 5.91 Å². The topological polar surface area (TPSA) is 41.6 Å². The van der Waals surface area contributed by atoms with Gasteiger partial charge in [0.2, 0.25) is 0 Å². The molecule has 0 radical (unpaired) electrons. The highest BCUT2D eigenvalue weighted by atomic mass is 19.1. The largest absolute Gasteiger partial charge is 0.496 e. The van der Waals surface area contributed by atoms with Crippen molar-refractivity contribution in [1.29, 1.82) is 0 Å². The van der Waals surface area contributed by atoms with Gasteiger partial charge in [-0.1, -0.05) is 44.2 Å². The monoisotopic (exact) mass is 412 g/mol. The molecule has 1 N–H and O–H groups in total. The van der Waals surface area contributed by atoms with Gasteiger partial charge in [0.1, 0.15) is 5.75 Å². The molecular formula is C25H33FN2O2. The molecular weight excluding hydrogens is 379 g/mol. The lowest BCUT2D eigenvalue weighted by molar-refractivity contribution is -0.114. The van der Waals surface area contributed by atoms with Crippen LogP contribution in [0.2, 0.25) is 0 Å². The summed E-state index contributed by atoms with van der Waals surface area (Å²) in [5.74, 6) is -0.800. The van der Waals surface area contributed by atoms with Crippen molar-refractivity contribution < 1.29 is 13.9 Å². The first-order chi connectivity index (χ1) is 14.6. The van der Waals surface area contributed by atoms with Gasteiger partial charge in [0.15, 0.2) is 5.83 Å². The Morgan fingerprint density at radius 3 is 2.40 bits per heavy atom. The summed E-state index contributed by atoms with van der Waals surface area (Å²) >= 11 is 0. The molecule has 0 spiro atoms. The minimum absolute atomic E-state index is 0.561. The van der Waals surface area contributed by atoms with Crippen LogP contribution in [0.4, 0.5) is 10.1 Å². The van der Waals surface area contributed by atoms with Crippen LogP contribution in [0.5, 0.6) is 5.75 Å². The van der Waals surface area contributed by atoms with Crippen LogP contribution in [0.1, 0.15) is 44.2 Å². The van der Waals surface area contributed by atoms with Crippen molar-refractivity contribution in [2.75, 3.05) is 32.1 Å². The van der Waals surface area contributed by atoms with Crippen molar-refractivity contribution in [2.45, 2.75) is 39.5 Å². The Hall–Kier alpha value is -2.66. The van der Waals surface area contributed by atoms with Gasteiger partial charge in [-0.05, 0) is 80.7 Å². The smallest absolute Gasteiger partial charge is 0.284 e. The van der Waals surface area contributed by atoms with E-state index in [1.807, 2.05) is 18.2 Å². The van der Waals surface area contributed by atoms with Gasteiger partial charge in [-0.25, -0.2) is 4.39 Å². The Labute approximate surface area is 179 Å². The predicted molar refractivity (Wildman–Crippen MR) is 122 cm³/mol. The number of methoxy groups -OCH3 is 1. The summed E-state index contributed by atoms with van der Waals surface area (Å²) in [5.41, 5.74) is 2.21. The summed E-state index contributed by atoms with van der Waals surface area (Å²) in [6.45, 7) is 7.63. The number of benzene rings is 2. The second-order valence-electron chi connectivity index (χ2n) is 7.33. The van der Waals surface area contributed by atoms with Crippen LogP contribution in [0.15, 0.2) is 54.4 Å². The molecule has 5 heteroatoms. The summed E-state index contributed by atoms with van der Waals surface area (Å²) in [7, 11) is 1.64. The Bertz CT molecular complexity index is 815. The Morgan fingerprint density at radius 2 is 1.77 bits per heavy atom. The highest BCUT2D eigenvalue weighted by molar-refractivity contribution is 6.05. The van der Waals surface area contributed by atoms with Crippen LogP contribution < -0.4 is 10.1 Å². The third-order valence-electron chi connectivity index (χ3n) is 4.85. The molecule has 0 saturated heterocycles. The van der Waals surface area contributed by atoms with Gasteiger partial charge in [0.05, 0.1) is 7.11 Å². The van der Waals surface area contributed by atoms with Crippen molar-refractivity contribution in [2.24, 2.45) is 0 Å². The summed E-state index contributed by atoms with van der Waals surface area (Å²) < 4.78 is 19.7. The molecule has 0 heterocycles. The number of amides is 1. The quantitative estimate of drug-likeness (QED) is 0.455. The molecule has 1 amide bonds. The Balaban J connectivity index is 2.02. The maximum Gasteiger partial charge on any atom is 0.284 e. The maximum atomic E-state index is 14.3. The normalized spacial score (nSPS) is 11.6. The first-order valence-electron chi connectivity index (χ1n) is 10.7. The summed E-state index contributed by atoms with van der Waals surface area (Å²) in [6, 6.07) is 14.4. The van der Waals surface area contributed by atoms with Gasteiger partial charge in [-0.2, -0.15) is 0 Å². The van der Waals surface area contributed by atoms with Crippen molar-refractivity contribution in [3.05, 3.63) is 65.5 Å². The number of aryl methyl sites for hydroxylation is 1. The van der Waals surface area contributed by atoms with Crippen molar-refractivity contribution in [3.8, 4) is 5.75 Å². The van der Waals surface area contributed by atoms with E-state index < -0.39 is 11.7 Å². The molecule has 0 aromatic heterocycles. The summed E-state index contributed by atoms with van der Waals surface area (Å²) in [4.78, 5) is 14.7. The zero-order valence-electron chi connectivity index (χ0n) is 18.3. The Morgan fingerprint density at radius 1 is 1.07 bits per heavy atom. The first-order valence-corrected chi connectivity index (χ1v) is 10.7. The number of hydrogen-bond donors (Lipinski definition) is 1. The molecule has 4 nitrogen and oxygen atoms in total. The molecule has 162 valence electrons. The number of ether oxygens (including phenoxy) is 1. The van der Waals surface area contributed by atoms with Gasteiger partial charge in [-0.15, -0.1) is 0 Å². The average Bonchev–Trinajstić information content (AvgIpc) is 2.75. The SMILES string of the molecule is CCCN(CCC)CCCc1cc(NC(=O)C(F)=Cc2ccccc2)ccc1OC. The van der Waals surface area contributed by atoms with E-state index in [-0.39, 0.29) is 0 Å². The first kappa shape index (κ1) is 23.6. The number of hydrogen-bond acceptors (Lipinski definition) is 3. The maximum absolute atomic E-state index is 14.3. The zero-order valence-corrected chi connectivity index (χ0v) is 18.3. The molecule has 0 saturated carbocycles. The van der Waals surface area contributed by atoms with Crippen molar-refractivity contribution >= 4 is 17.7 Å². The minimum Gasteiger partial charge on any atom is -0.496 e. The highest BCUT2D eigenvalue weighted by Gasteiger charge is 2.12. The van der Waals surface area contributed by atoms with E-state index in [0.29, 0.717) is 11.3 Å². The molecule has 0 atom stereocenters. The van der Waals surface area contributed by atoms with E-state index in [0.717, 1.165) is 56.6 Å². The van der Waals surface area contributed by atoms with E-state index in [1.165, 1.54) is 6.08 Å². The van der Waals surface area contributed by atoms with E-state index in [4.69, 9.17) is 4.74 Å².